The zero-order chi connectivity index (χ0) is 19.3. The summed E-state index contributed by atoms with van der Waals surface area (Å²) in [5.74, 6) is 0.889. The summed E-state index contributed by atoms with van der Waals surface area (Å²) in [4.78, 5) is 14.2. The molecular weight excluding hydrogens is 356 g/mol. The van der Waals surface area contributed by atoms with E-state index >= 15 is 0 Å². The number of hydrogen-bond donors (Lipinski definition) is 1. The van der Waals surface area contributed by atoms with Crippen LogP contribution in [0.2, 0.25) is 0 Å². The summed E-state index contributed by atoms with van der Waals surface area (Å²) in [6.07, 6.45) is 8.05. The number of carbonyl (C=O) groups is 1. The van der Waals surface area contributed by atoms with E-state index in [4.69, 9.17) is 9.47 Å². The van der Waals surface area contributed by atoms with E-state index in [-0.39, 0.29) is 18.2 Å². The molecule has 2 aromatic rings. The van der Waals surface area contributed by atoms with Crippen molar-refractivity contribution in [1.29, 1.82) is 0 Å². The zero-order valence-electron chi connectivity index (χ0n) is 16.4. The number of carbonyl (C=O) groups excluding carboxylic acids is 1. The Morgan fingerprint density at radius 3 is 2.75 bits per heavy atom. The summed E-state index contributed by atoms with van der Waals surface area (Å²) in [6.45, 7) is 3.76. The number of fused-ring (bicyclic) bond motifs is 1. The molecule has 7 nitrogen and oxygen atoms in total. The molecule has 7 heteroatoms. The topological polar surface area (TPSA) is 68.6 Å². The monoisotopic (exact) mass is 382 g/mol. The minimum Gasteiger partial charge on any atom is -0.487 e. The van der Waals surface area contributed by atoms with Gasteiger partial charge in [0.05, 0.1) is 25.0 Å². The SMILES string of the molecule is COC(=O)N1c2ccc(-c3cnn(C4CC4)c3)c(OC3CNC3)c2CCC1C. The second kappa shape index (κ2) is 6.81. The van der Waals surface area contributed by atoms with Crippen LogP contribution in [0.3, 0.4) is 0 Å². The van der Waals surface area contributed by atoms with Crippen LogP contribution in [0.1, 0.15) is 37.8 Å². The molecule has 1 saturated carbocycles. The highest BCUT2D eigenvalue weighted by Gasteiger charge is 2.33. The summed E-state index contributed by atoms with van der Waals surface area (Å²) < 4.78 is 13.5. The molecule has 148 valence electrons. The van der Waals surface area contributed by atoms with Gasteiger partial charge in [0.25, 0.3) is 0 Å². The first kappa shape index (κ1) is 17.6. The molecule has 3 heterocycles. The molecule has 1 N–H and O–H groups in total. The van der Waals surface area contributed by atoms with Gasteiger partial charge in [0, 0.05) is 42.0 Å². The lowest BCUT2D eigenvalue weighted by Crippen LogP contribution is -2.50. The second-order valence-corrected chi connectivity index (χ2v) is 8.01. The average molecular weight is 382 g/mol. The number of ether oxygens (including phenoxy) is 2. The van der Waals surface area contributed by atoms with Gasteiger partial charge in [-0.1, -0.05) is 0 Å². The third-order valence-corrected chi connectivity index (χ3v) is 5.98. The fraction of sp³-hybridized carbons (Fsp3) is 0.524. The lowest BCUT2D eigenvalue weighted by Gasteiger charge is -2.37. The van der Waals surface area contributed by atoms with Crippen molar-refractivity contribution in [3.63, 3.8) is 0 Å². The molecule has 1 aromatic carbocycles. The molecule has 0 bridgehead atoms. The van der Waals surface area contributed by atoms with E-state index in [0.717, 1.165) is 54.1 Å². The van der Waals surface area contributed by atoms with E-state index in [9.17, 15) is 4.79 Å². The molecular formula is C21H26N4O3. The smallest absolute Gasteiger partial charge is 0.414 e. The number of anilines is 1. The van der Waals surface area contributed by atoms with Crippen LogP contribution in [0.5, 0.6) is 5.75 Å². The van der Waals surface area contributed by atoms with E-state index in [1.54, 1.807) is 4.90 Å². The highest BCUT2D eigenvalue weighted by Crippen LogP contribution is 2.44. The van der Waals surface area contributed by atoms with Gasteiger partial charge in [0.15, 0.2) is 0 Å². The predicted molar refractivity (Wildman–Crippen MR) is 106 cm³/mol. The van der Waals surface area contributed by atoms with Gasteiger partial charge in [-0.25, -0.2) is 4.79 Å². The molecule has 0 radical (unpaired) electrons. The number of rotatable bonds is 4. The van der Waals surface area contributed by atoms with E-state index < -0.39 is 0 Å². The molecule has 5 rings (SSSR count). The highest BCUT2D eigenvalue weighted by molar-refractivity contribution is 5.92. The van der Waals surface area contributed by atoms with E-state index in [1.165, 1.54) is 20.0 Å². The normalized spacial score (nSPS) is 21.8. The Kier molecular flexibility index (Phi) is 4.27. The molecule has 1 aromatic heterocycles. The third kappa shape index (κ3) is 2.94. The van der Waals surface area contributed by atoms with Gasteiger partial charge >= 0.3 is 6.09 Å². The molecule has 1 unspecified atom stereocenters. The number of nitrogens with one attached hydrogen (secondary N) is 1. The van der Waals surface area contributed by atoms with Gasteiger partial charge < -0.3 is 14.8 Å². The Hall–Kier alpha value is -2.54. The van der Waals surface area contributed by atoms with Crippen LogP contribution >= 0.6 is 0 Å². The van der Waals surface area contributed by atoms with Crippen LogP contribution in [0.25, 0.3) is 11.1 Å². The first-order valence-corrected chi connectivity index (χ1v) is 10.1. The second-order valence-electron chi connectivity index (χ2n) is 8.01. The number of methoxy groups -OCH3 is 1. The minimum absolute atomic E-state index is 0.0987. The number of benzene rings is 1. The zero-order valence-corrected chi connectivity index (χ0v) is 16.4. The van der Waals surface area contributed by atoms with Gasteiger partial charge in [-0.05, 0) is 44.7 Å². The summed E-state index contributed by atoms with van der Waals surface area (Å²) in [6, 6.07) is 4.73. The van der Waals surface area contributed by atoms with Crippen LogP contribution in [-0.4, -0.2) is 48.2 Å². The Labute approximate surface area is 164 Å². The molecule has 1 aliphatic carbocycles. The van der Waals surface area contributed by atoms with E-state index in [2.05, 4.69) is 34.3 Å². The average Bonchev–Trinajstić information content (AvgIpc) is 3.41. The summed E-state index contributed by atoms with van der Waals surface area (Å²) >= 11 is 0. The molecule has 2 aliphatic heterocycles. The lowest BCUT2D eigenvalue weighted by molar-refractivity contribution is 0.141. The number of nitrogens with zero attached hydrogens (tertiary/aromatic N) is 3. The van der Waals surface area contributed by atoms with Crippen molar-refractivity contribution in [2.24, 2.45) is 0 Å². The van der Waals surface area contributed by atoms with Crippen molar-refractivity contribution < 1.29 is 14.3 Å². The van der Waals surface area contributed by atoms with Gasteiger partial charge in [0.1, 0.15) is 11.9 Å². The standard InChI is InChI=1S/C21H26N4O3/c1-13-3-6-18-19(25(13)21(26)27-2)8-7-17(20(18)28-16-10-22-11-16)14-9-23-24(12-14)15-4-5-15/h7-9,12-13,15-16,22H,3-6,10-11H2,1-2H3. The van der Waals surface area contributed by atoms with Gasteiger partial charge in [0.2, 0.25) is 0 Å². The van der Waals surface area contributed by atoms with Crippen molar-refractivity contribution in [2.75, 3.05) is 25.1 Å². The molecule has 1 saturated heterocycles. The van der Waals surface area contributed by atoms with Crippen molar-refractivity contribution in [1.82, 2.24) is 15.1 Å². The van der Waals surface area contributed by atoms with Crippen LogP contribution in [-0.2, 0) is 11.2 Å². The summed E-state index contributed by atoms with van der Waals surface area (Å²) in [5, 5.41) is 7.82. The summed E-state index contributed by atoms with van der Waals surface area (Å²) in [5.41, 5.74) is 4.11. The first-order valence-electron chi connectivity index (χ1n) is 10.1. The maximum atomic E-state index is 12.4. The van der Waals surface area contributed by atoms with Crippen LogP contribution in [0, 0.1) is 0 Å². The first-order chi connectivity index (χ1) is 13.7. The van der Waals surface area contributed by atoms with Crippen molar-refractivity contribution in [3.05, 3.63) is 30.1 Å². The Balaban J connectivity index is 1.59. The predicted octanol–water partition coefficient (Wildman–Crippen LogP) is 3.14. The Morgan fingerprint density at radius 2 is 2.07 bits per heavy atom. The molecule has 3 aliphatic rings. The van der Waals surface area contributed by atoms with Crippen LogP contribution in [0.4, 0.5) is 10.5 Å². The van der Waals surface area contributed by atoms with Crippen LogP contribution in [0.15, 0.2) is 24.5 Å². The quantitative estimate of drug-likeness (QED) is 0.880. The largest absolute Gasteiger partial charge is 0.487 e. The van der Waals surface area contributed by atoms with Crippen LogP contribution < -0.4 is 15.0 Å². The fourth-order valence-electron chi connectivity index (χ4n) is 4.07. The van der Waals surface area contributed by atoms with Crippen molar-refractivity contribution >= 4 is 11.8 Å². The van der Waals surface area contributed by atoms with Crippen molar-refractivity contribution in [2.45, 2.75) is 50.8 Å². The Morgan fingerprint density at radius 1 is 1.25 bits per heavy atom. The number of aromatic nitrogens is 2. The third-order valence-electron chi connectivity index (χ3n) is 5.98. The van der Waals surface area contributed by atoms with Gasteiger partial charge in [-0.15, -0.1) is 0 Å². The maximum absolute atomic E-state index is 12.4. The maximum Gasteiger partial charge on any atom is 0.414 e. The molecule has 1 amide bonds. The van der Waals surface area contributed by atoms with E-state index in [0.29, 0.717) is 6.04 Å². The molecule has 28 heavy (non-hydrogen) atoms. The number of hydrogen-bond acceptors (Lipinski definition) is 5. The minimum atomic E-state index is -0.320. The highest BCUT2D eigenvalue weighted by atomic mass is 16.5. The lowest BCUT2D eigenvalue weighted by atomic mass is 9.92. The number of amides is 1. The molecule has 0 spiro atoms. The van der Waals surface area contributed by atoms with Crippen molar-refractivity contribution in [3.8, 4) is 16.9 Å². The summed E-state index contributed by atoms with van der Waals surface area (Å²) in [7, 11) is 1.43. The van der Waals surface area contributed by atoms with E-state index in [1.807, 2.05) is 12.3 Å². The fourth-order valence-corrected chi connectivity index (χ4v) is 4.07. The van der Waals surface area contributed by atoms with Gasteiger partial charge in [-0.2, -0.15) is 5.10 Å². The Bertz CT molecular complexity index is 901. The van der Waals surface area contributed by atoms with Gasteiger partial charge in [-0.3, -0.25) is 9.58 Å². The molecule has 1 atom stereocenters. The molecule has 2 fully saturated rings.